The van der Waals surface area contributed by atoms with Crippen molar-refractivity contribution in [3.05, 3.63) is 64.9 Å². The van der Waals surface area contributed by atoms with E-state index in [2.05, 4.69) is 5.32 Å². The van der Waals surface area contributed by atoms with Crippen LogP contribution in [0, 0.1) is 5.82 Å². The fraction of sp³-hybridized carbons (Fsp3) is 0.250. The van der Waals surface area contributed by atoms with Gasteiger partial charge in [0, 0.05) is 24.2 Å². The van der Waals surface area contributed by atoms with Crippen molar-refractivity contribution in [3.63, 3.8) is 0 Å². The number of carbonyl (C=O) groups excluding carboxylic acids is 3. The van der Waals surface area contributed by atoms with Gasteiger partial charge < -0.3 is 19.7 Å². The van der Waals surface area contributed by atoms with Crippen molar-refractivity contribution in [2.45, 2.75) is 6.54 Å². The summed E-state index contributed by atoms with van der Waals surface area (Å²) >= 11 is 5.93. The van der Waals surface area contributed by atoms with Gasteiger partial charge in [0.25, 0.3) is 11.8 Å². The van der Waals surface area contributed by atoms with Crippen molar-refractivity contribution in [2.75, 3.05) is 26.8 Å². The molecule has 0 aliphatic carbocycles. The molecule has 0 saturated carbocycles. The Morgan fingerprint density at radius 2 is 1.79 bits per heavy atom. The maximum atomic E-state index is 13.8. The molecule has 0 unspecified atom stereocenters. The molecule has 0 spiro atoms. The molecule has 0 aromatic heterocycles. The highest BCUT2D eigenvalue weighted by Crippen LogP contribution is 2.20. The number of carbonyl (C=O) groups is 3. The average molecular weight is 423 g/mol. The molecule has 2 aromatic rings. The van der Waals surface area contributed by atoms with Crippen LogP contribution in [0.25, 0.3) is 0 Å². The summed E-state index contributed by atoms with van der Waals surface area (Å²) in [5, 5.41) is 2.53. The highest BCUT2D eigenvalue weighted by atomic mass is 35.5. The second-order valence-electron chi connectivity index (χ2n) is 5.99. The molecule has 7 nitrogen and oxygen atoms in total. The molecule has 0 radical (unpaired) electrons. The van der Waals surface area contributed by atoms with E-state index in [-0.39, 0.29) is 23.7 Å². The molecule has 2 amide bonds. The fourth-order valence-corrected chi connectivity index (χ4v) is 2.42. The van der Waals surface area contributed by atoms with Crippen LogP contribution in [-0.2, 0) is 25.7 Å². The van der Waals surface area contributed by atoms with Gasteiger partial charge in [-0.1, -0.05) is 35.9 Å². The van der Waals surface area contributed by atoms with Crippen LogP contribution in [0.4, 0.5) is 4.39 Å². The molecular weight excluding hydrogens is 403 g/mol. The highest BCUT2D eigenvalue weighted by molar-refractivity contribution is 6.31. The first kappa shape index (κ1) is 22.2. The minimum atomic E-state index is -0.788. The van der Waals surface area contributed by atoms with Crippen molar-refractivity contribution < 1.29 is 28.2 Å². The molecule has 0 atom stereocenters. The number of ether oxygens (including phenoxy) is 2. The highest BCUT2D eigenvalue weighted by Gasteiger charge is 2.16. The second kappa shape index (κ2) is 11.0. The van der Waals surface area contributed by atoms with Gasteiger partial charge in [0.15, 0.2) is 13.2 Å². The molecule has 2 rings (SSSR count). The molecule has 154 valence electrons. The van der Waals surface area contributed by atoms with Gasteiger partial charge in [-0.25, -0.2) is 4.39 Å². The van der Waals surface area contributed by atoms with Gasteiger partial charge in [-0.2, -0.15) is 0 Å². The summed E-state index contributed by atoms with van der Waals surface area (Å²) < 4.78 is 23.8. The Kier molecular flexibility index (Phi) is 8.42. The minimum Gasteiger partial charge on any atom is -0.484 e. The molecule has 0 saturated heterocycles. The SMILES string of the molecule is CN(Cc1c(F)cccc1Cl)C(=O)COC(=O)CNC(=O)COc1ccccc1. The summed E-state index contributed by atoms with van der Waals surface area (Å²) in [6.07, 6.45) is 0. The molecule has 0 heterocycles. The number of rotatable bonds is 9. The largest absolute Gasteiger partial charge is 0.484 e. The van der Waals surface area contributed by atoms with Crippen LogP contribution in [0.1, 0.15) is 5.56 Å². The van der Waals surface area contributed by atoms with E-state index in [4.69, 9.17) is 21.1 Å². The molecule has 29 heavy (non-hydrogen) atoms. The van der Waals surface area contributed by atoms with Crippen LogP contribution in [-0.4, -0.2) is 49.5 Å². The summed E-state index contributed by atoms with van der Waals surface area (Å²) in [5.74, 6) is -1.85. The van der Waals surface area contributed by atoms with Gasteiger partial charge in [-0.05, 0) is 24.3 Å². The lowest BCUT2D eigenvalue weighted by Gasteiger charge is -2.18. The zero-order chi connectivity index (χ0) is 21.2. The molecule has 0 bridgehead atoms. The minimum absolute atomic E-state index is 0.0740. The van der Waals surface area contributed by atoms with Crippen molar-refractivity contribution in [1.29, 1.82) is 0 Å². The monoisotopic (exact) mass is 422 g/mol. The van der Waals surface area contributed by atoms with E-state index < -0.39 is 36.8 Å². The van der Waals surface area contributed by atoms with Gasteiger partial charge in [-0.15, -0.1) is 0 Å². The van der Waals surface area contributed by atoms with E-state index in [0.717, 1.165) is 0 Å². The van der Waals surface area contributed by atoms with Crippen LogP contribution in [0.5, 0.6) is 5.75 Å². The number of halogens is 2. The second-order valence-corrected chi connectivity index (χ2v) is 6.40. The van der Waals surface area contributed by atoms with Gasteiger partial charge in [-0.3, -0.25) is 14.4 Å². The molecule has 2 aromatic carbocycles. The Morgan fingerprint density at radius 1 is 1.07 bits per heavy atom. The van der Waals surface area contributed by atoms with Crippen LogP contribution in [0.3, 0.4) is 0 Å². The van der Waals surface area contributed by atoms with Crippen molar-refractivity contribution >= 4 is 29.4 Å². The Balaban J connectivity index is 1.68. The summed E-state index contributed by atoms with van der Waals surface area (Å²) in [5.41, 5.74) is 0.169. The third-order valence-corrected chi connectivity index (χ3v) is 4.14. The van der Waals surface area contributed by atoms with E-state index in [1.54, 1.807) is 24.3 Å². The quantitative estimate of drug-likeness (QED) is 0.626. The first-order valence-corrected chi connectivity index (χ1v) is 9.01. The van der Waals surface area contributed by atoms with E-state index >= 15 is 0 Å². The number of likely N-dealkylation sites (N-methyl/N-ethyl adjacent to an activating group) is 1. The lowest BCUT2D eigenvalue weighted by Crippen LogP contribution is -2.36. The zero-order valence-corrected chi connectivity index (χ0v) is 16.4. The van der Waals surface area contributed by atoms with Crippen molar-refractivity contribution in [1.82, 2.24) is 10.2 Å². The van der Waals surface area contributed by atoms with Gasteiger partial charge in [0.2, 0.25) is 0 Å². The smallest absolute Gasteiger partial charge is 0.325 e. The van der Waals surface area contributed by atoms with Gasteiger partial charge >= 0.3 is 5.97 Å². The summed E-state index contributed by atoms with van der Waals surface area (Å²) in [6.45, 7) is -1.29. The summed E-state index contributed by atoms with van der Waals surface area (Å²) in [6, 6.07) is 12.9. The van der Waals surface area contributed by atoms with Crippen LogP contribution in [0.15, 0.2) is 48.5 Å². The molecule has 0 aliphatic rings. The van der Waals surface area contributed by atoms with Crippen molar-refractivity contribution in [2.24, 2.45) is 0 Å². The number of nitrogens with one attached hydrogen (secondary N) is 1. The lowest BCUT2D eigenvalue weighted by atomic mass is 10.2. The number of nitrogens with zero attached hydrogens (tertiary/aromatic N) is 1. The Bertz CT molecular complexity index is 843. The maximum Gasteiger partial charge on any atom is 0.325 e. The lowest BCUT2D eigenvalue weighted by molar-refractivity contribution is -0.151. The summed E-state index contributed by atoms with van der Waals surface area (Å²) in [7, 11) is 1.43. The number of para-hydroxylation sites is 1. The average Bonchev–Trinajstić information content (AvgIpc) is 2.72. The van der Waals surface area contributed by atoms with Crippen LogP contribution < -0.4 is 10.1 Å². The van der Waals surface area contributed by atoms with E-state index in [1.807, 2.05) is 6.07 Å². The van der Waals surface area contributed by atoms with Gasteiger partial charge in [0.05, 0.1) is 0 Å². The first-order chi connectivity index (χ1) is 13.9. The fourth-order valence-electron chi connectivity index (χ4n) is 2.20. The van der Waals surface area contributed by atoms with Gasteiger partial charge in [0.1, 0.15) is 18.1 Å². The van der Waals surface area contributed by atoms with Crippen LogP contribution in [0.2, 0.25) is 5.02 Å². The van der Waals surface area contributed by atoms with E-state index in [0.29, 0.717) is 5.75 Å². The predicted octanol–water partition coefficient (Wildman–Crippen LogP) is 2.18. The third-order valence-electron chi connectivity index (χ3n) is 3.78. The Hall–Kier alpha value is -3.13. The normalized spacial score (nSPS) is 10.2. The number of amides is 2. The van der Waals surface area contributed by atoms with Crippen molar-refractivity contribution in [3.8, 4) is 5.75 Å². The molecule has 1 N–H and O–H groups in total. The maximum absolute atomic E-state index is 13.8. The first-order valence-electron chi connectivity index (χ1n) is 8.64. The molecule has 0 fully saturated rings. The number of benzene rings is 2. The summed E-state index contributed by atoms with van der Waals surface area (Å²) in [4.78, 5) is 36.6. The van der Waals surface area contributed by atoms with E-state index in [9.17, 15) is 18.8 Å². The Labute approximate surface area is 172 Å². The number of esters is 1. The molecule has 9 heteroatoms. The standard InChI is InChI=1S/C20H20ClFN2O5/c1-24(11-15-16(21)8-5-9-17(15)22)19(26)13-29-20(27)10-23-18(25)12-28-14-6-3-2-4-7-14/h2-9H,10-13H2,1H3,(H,23,25). The predicted molar refractivity (Wildman–Crippen MR) is 104 cm³/mol. The topological polar surface area (TPSA) is 84.9 Å². The Morgan fingerprint density at radius 3 is 2.48 bits per heavy atom. The number of hydrogen-bond donors (Lipinski definition) is 1. The number of hydrogen-bond acceptors (Lipinski definition) is 5. The third kappa shape index (κ3) is 7.42. The zero-order valence-electron chi connectivity index (χ0n) is 15.7. The molecular formula is C20H20ClFN2O5. The van der Waals surface area contributed by atoms with E-state index in [1.165, 1.54) is 30.1 Å². The molecule has 0 aliphatic heterocycles. The van der Waals surface area contributed by atoms with Crippen LogP contribution >= 0.6 is 11.6 Å².